The Balaban J connectivity index is 1.84. The maximum absolute atomic E-state index is 12.3. The van der Waals surface area contributed by atoms with Crippen LogP contribution in [0.3, 0.4) is 0 Å². The van der Waals surface area contributed by atoms with E-state index >= 15 is 0 Å². The minimum absolute atomic E-state index is 0.157. The van der Waals surface area contributed by atoms with Crippen molar-refractivity contribution in [3.05, 3.63) is 0 Å². The lowest BCUT2D eigenvalue weighted by atomic mass is 10.0. The molecular formula is C15H29N3O4S. The van der Waals surface area contributed by atoms with Crippen LogP contribution in [-0.2, 0) is 14.6 Å². The van der Waals surface area contributed by atoms with Gasteiger partial charge in [0.2, 0.25) is 0 Å². The van der Waals surface area contributed by atoms with Gasteiger partial charge in [-0.1, -0.05) is 13.8 Å². The monoisotopic (exact) mass is 347 g/mol. The molecule has 1 N–H and O–H groups in total. The van der Waals surface area contributed by atoms with Crippen molar-refractivity contribution < 1.29 is 17.9 Å². The fraction of sp³-hybridized carbons (Fsp3) is 0.933. The van der Waals surface area contributed by atoms with Gasteiger partial charge < -0.3 is 15.0 Å². The third kappa shape index (κ3) is 5.06. The smallest absolute Gasteiger partial charge is 0.317 e. The topological polar surface area (TPSA) is 79.0 Å². The van der Waals surface area contributed by atoms with Crippen molar-refractivity contribution in [3.63, 3.8) is 0 Å². The molecule has 0 radical (unpaired) electrons. The first kappa shape index (κ1) is 18.5. The van der Waals surface area contributed by atoms with Gasteiger partial charge in [-0.3, -0.25) is 4.90 Å². The fourth-order valence-electron chi connectivity index (χ4n) is 3.26. The van der Waals surface area contributed by atoms with E-state index < -0.39 is 15.1 Å². The lowest BCUT2D eigenvalue weighted by Gasteiger charge is -2.37. The van der Waals surface area contributed by atoms with Gasteiger partial charge in [-0.2, -0.15) is 0 Å². The van der Waals surface area contributed by atoms with Crippen LogP contribution in [-0.4, -0.2) is 87.7 Å². The van der Waals surface area contributed by atoms with Gasteiger partial charge in [0.1, 0.15) is 0 Å². The average molecular weight is 347 g/mol. The first-order chi connectivity index (χ1) is 10.8. The van der Waals surface area contributed by atoms with Gasteiger partial charge in [0.15, 0.2) is 9.84 Å². The number of likely N-dealkylation sites (tertiary alicyclic amines) is 1. The highest BCUT2D eigenvalue weighted by molar-refractivity contribution is 7.91. The van der Waals surface area contributed by atoms with Crippen LogP contribution in [0.2, 0.25) is 0 Å². The lowest BCUT2D eigenvalue weighted by molar-refractivity contribution is 0.00699. The minimum atomic E-state index is -3.07. The second kappa shape index (κ2) is 7.81. The van der Waals surface area contributed by atoms with Gasteiger partial charge >= 0.3 is 6.03 Å². The van der Waals surface area contributed by atoms with Crippen LogP contribution in [0.25, 0.3) is 0 Å². The van der Waals surface area contributed by atoms with Crippen LogP contribution in [0.15, 0.2) is 0 Å². The lowest BCUT2D eigenvalue weighted by Crippen LogP contribution is -2.52. The number of carbonyl (C=O) groups is 1. The molecule has 2 aliphatic heterocycles. The summed E-state index contributed by atoms with van der Waals surface area (Å²) in [4.78, 5) is 16.3. The van der Waals surface area contributed by atoms with Gasteiger partial charge in [0, 0.05) is 45.0 Å². The summed E-state index contributed by atoms with van der Waals surface area (Å²) in [5, 5.41) is 2.56. The predicted molar refractivity (Wildman–Crippen MR) is 89.2 cm³/mol. The van der Waals surface area contributed by atoms with E-state index in [4.69, 9.17) is 4.74 Å². The molecule has 23 heavy (non-hydrogen) atoms. The fourth-order valence-corrected chi connectivity index (χ4v) is 4.25. The van der Waals surface area contributed by atoms with Crippen molar-refractivity contribution in [2.45, 2.75) is 31.6 Å². The molecular weight excluding hydrogens is 318 g/mol. The maximum atomic E-state index is 12.3. The van der Waals surface area contributed by atoms with Crippen LogP contribution in [0.4, 0.5) is 4.79 Å². The summed E-state index contributed by atoms with van der Waals surface area (Å²) in [6, 6.07) is 0.117. The third-order valence-electron chi connectivity index (χ3n) is 4.78. The maximum Gasteiger partial charge on any atom is 0.317 e. The van der Waals surface area contributed by atoms with E-state index in [0.29, 0.717) is 32.0 Å². The van der Waals surface area contributed by atoms with Gasteiger partial charge in [0.25, 0.3) is 0 Å². The van der Waals surface area contributed by atoms with Crippen molar-refractivity contribution in [1.29, 1.82) is 0 Å². The van der Waals surface area contributed by atoms with Crippen molar-refractivity contribution >= 4 is 15.9 Å². The molecule has 2 fully saturated rings. The zero-order chi connectivity index (χ0) is 17.0. The molecule has 0 aromatic rings. The van der Waals surface area contributed by atoms with E-state index in [1.807, 2.05) is 0 Å². The predicted octanol–water partition coefficient (Wildman–Crippen LogP) is 0.172. The summed E-state index contributed by atoms with van der Waals surface area (Å²) in [5.74, 6) is 0.427. The third-order valence-corrected chi connectivity index (χ3v) is 6.38. The molecule has 0 unspecified atom stereocenters. The highest BCUT2D eigenvalue weighted by atomic mass is 32.2. The van der Waals surface area contributed by atoms with Crippen molar-refractivity contribution in [2.24, 2.45) is 5.92 Å². The van der Waals surface area contributed by atoms with Crippen molar-refractivity contribution in [3.8, 4) is 0 Å². The number of hydrogen-bond donors (Lipinski definition) is 1. The molecule has 0 spiro atoms. The summed E-state index contributed by atoms with van der Waals surface area (Å²) in [7, 11) is -3.07. The molecule has 8 heteroatoms. The SMILES string of the molecule is CC(C)[C@H](CNC(=O)N1CC[C@@H](S(C)(=O)=O)C1)N1CCOCC1. The Bertz CT molecular complexity index is 503. The number of rotatable bonds is 5. The van der Waals surface area contributed by atoms with E-state index in [1.54, 1.807) is 4.90 Å². The Labute approximate surface area is 139 Å². The van der Waals surface area contributed by atoms with Crippen molar-refractivity contribution in [1.82, 2.24) is 15.1 Å². The van der Waals surface area contributed by atoms with Crippen LogP contribution in [0, 0.1) is 5.92 Å². The van der Waals surface area contributed by atoms with Gasteiger partial charge in [-0.25, -0.2) is 13.2 Å². The molecule has 0 saturated carbocycles. The number of nitrogens with one attached hydrogen (secondary N) is 1. The largest absolute Gasteiger partial charge is 0.379 e. The number of carbonyl (C=O) groups excluding carboxylic acids is 1. The average Bonchev–Trinajstić information content (AvgIpc) is 2.98. The Hall–Kier alpha value is -0.860. The molecule has 2 atom stereocenters. The summed E-state index contributed by atoms with van der Waals surface area (Å²) in [6.07, 6.45) is 1.77. The second-order valence-electron chi connectivity index (χ2n) is 6.83. The Morgan fingerprint density at radius 3 is 2.43 bits per heavy atom. The molecule has 2 aliphatic rings. The molecule has 0 aromatic carbocycles. The zero-order valence-electron chi connectivity index (χ0n) is 14.3. The van der Waals surface area contributed by atoms with E-state index in [-0.39, 0.29) is 12.1 Å². The zero-order valence-corrected chi connectivity index (χ0v) is 15.1. The summed E-state index contributed by atoms with van der Waals surface area (Å²) in [5.41, 5.74) is 0. The minimum Gasteiger partial charge on any atom is -0.379 e. The molecule has 2 rings (SSSR count). The summed E-state index contributed by atoms with van der Waals surface area (Å²) >= 11 is 0. The first-order valence-electron chi connectivity index (χ1n) is 8.32. The van der Waals surface area contributed by atoms with Crippen LogP contribution < -0.4 is 5.32 Å². The van der Waals surface area contributed by atoms with Crippen LogP contribution in [0.1, 0.15) is 20.3 Å². The Morgan fingerprint density at radius 2 is 1.91 bits per heavy atom. The number of ether oxygens (including phenoxy) is 1. The van der Waals surface area contributed by atoms with E-state index in [2.05, 4.69) is 24.1 Å². The van der Waals surface area contributed by atoms with Crippen LogP contribution in [0.5, 0.6) is 0 Å². The number of morpholine rings is 1. The van der Waals surface area contributed by atoms with E-state index in [0.717, 1.165) is 26.3 Å². The van der Waals surface area contributed by atoms with Gasteiger partial charge in [0.05, 0.1) is 18.5 Å². The number of hydrogen-bond acceptors (Lipinski definition) is 5. The molecule has 2 heterocycles. The first-order valence-corrected chi connectivity index (χ1v) is 10.3. The highest BCUT2D eigenvalue weighted by Crippen LogP contribution is 2.17. The standard InChI is InChI=1S/C15H29N3O4S/c1-12(2)14(17-6-8-22-9-7-17)10-16-15(19)18-5-4-13(11-18)23(3,20)21/h12-14H,4-11H2,1-3H3,(H,16,19)/t13-,14+/m1/s1. The van der Waals surface area contributed by atoms with E-state index in [1.165, 1.54) is 6.26 Å². The molecule has 0 aliphatic carbocycles. The summed E-state index contributed by atoms with van der Waals surface area (Å²) in [6.45, 7) is 8.94. The van der Waals surface area contributed by atoms with Crippen LogP contribution >= 0.6 is 0 Å². The van der Waals surface area contributed by atoms with Gasteiger partial charge in [-0.15, -0.1) is 0 Å². The Morgan fingerprint density at radius 1 is 1.26 bits per heavy atom. The van der Waals surface area contributed by atoms with Gasteiger partial charge in [-0.05, 0) is 12.3 Å². The molecule has 134 valence electrons. The number of sulfone groups is 1. The summed E-state index contributed by atoms with van der Waals surface area (Å²) < 4.78 is 28.6. The molecule has 2 saturated heterocycles. The Kier molecular flexibility index (Phi) is 6.27. The highest BCUT2D eigenvalue weighted by Gasteiger charge is 2.33. The normalized spacial score (nSPS) is 24.9. The molecule has 0 bridgehead atoms. The molecule has 0 aromatic heterocycles. The quantitative estimate of drug-likeness (QED) is 0.767. The van der Waals surface area contributed by atoms with Crippen molar-refractivity contribution in [2.75, 3.05) is 52.2 Å². The molecule has 7 nitrogen and oxygen atoms in total. The number of nitrogens with zero attached hydrogens (tertiary/aromatic N) is 2. The molecule has 2 amide bonds. The second-order valence-corrected chi connectivity index (χ2v) is 9.16. The van der Waals surface area contributed by atoms with E-state index in [9.17, 15) is 13.2 Å². The number of amides is 2. The number of urea groups is 1.